The van der Waals surface area contributed by atoms with Crippen LogP contribution in [0.5, 0.6) is 0 Å². The number of nitrogens with zero attached hydrogens (tertiary/aromatic N) is 1. The second-order valence-electron chi connectivity index (χ2n) is 2.49. The van der Waals surface area contributed by atoms with Crippen molar-refractivity contribution in [3.8, 4) is 0 Å². The largest absolute Gasteiger partial charge is 0.480 e. The second kappa shape index (κ2) is 7.13. The summed E-state index contributed by atoms with van der Waals surface area (Å²) in [4.78, 5) is 12.2. The highest BCUT2D eigenvalue weighted by molar-refractivity contribution is 6.25. The van der Waals surface area contributed by atoms with Gasteiger partial charge in [-0.1, -0.05) is 24.6 Å². The molecule has 0 saturated heterocycles. The topological polar surface area (TPSA) is 40.5 Å². The zero-order chi connectivity index (χ0) is 9.40. The van der Waals surface area contributed by atoms with Crippen molar-refractivity contribution < 1.29 is 9.90 Å². The highest BCUT2D eigenvalue weighted by Crippen LogP contribution is 1.92. The van der Waals surface area contributed by atoms with E-state index in [9.17, 15) is 4.79 Å². The minimum Gasteiger partial charge on any atom is -0.480 e. The molecule has 0 aliphatic carbocycles. The first kappa shape index (κ1) is 11.5. The van der Waals surface area contributed by atoms with Crippen molar-refractivity contribution in [2.75, 3.05) is 19.6 Å². The molecule has 0 aromatic rings. The maximum Gasteiger partial charge on any atom is 0.317 e. The molecule has 1 N–H and O–H groups in total. The van der Waals surface area contributed by atoms with E-state index in [1.807, 2.05) is 11.8 Å². The summed E-state index contributed by atoms with van der Waals surface area (Å²) >= 11 is 5.33. The molecule has 0 heterocycles. The van der Waals surface area contributed by atoms with E-state index in [4.69, 9.17) is 16.7 Å². The Balaban J connectivity index is 3.76. The van der Waals surface area contributed by atoms with Crippen molar-refractivity contribution in [1.82, 2.24) is 4.90 Å². The van der Waals surface area contributed by atoms with Crippen molar-refractivity contribution in [2.45, 2.75) is 13.3 Å². The molecule has 0 bridgehead atoms. The molecular weight excluding hydrogens is 178 g/mol. The third-order valence-corrected chi connectivity index (χ3v) is 1.53. The Morgan fingerprint density at radius 2 is 2.33 bits per heavy atom. The lowest BCUT2D eigenvalue weighted by molar-refractivity contribution is -0.138. The van der Waals surface area contributed by atoms with Crippen LogP contribution in [-0.2, 0) is 4.79 Å². The molecule has 0 saturated carbocycles. The Morgan fingerprint density at radius 3 is 2.75 bits per heavy atom. The summed E-state index contributed by atoms with van der Waals surface area (Å²) in [5, 5.41) is 8.51. The molecule has 0 unspecified atom stereocenters. The van der Waals surface area contributed by atoms with Crippen molar-refractivity contribution in [2.24, 2.45) is 0 Å². The van der Waals surface area contributed by atoms with Gasteiger partial charge in [0.15, 0.2) is 0 Å². The summed E-state index contributed by atoms with van der Waals surface area (Å²) in [6, 6.07) is 0. The summed E-state index contributed by atoms with van der Waals surface area (Å²) < 4.78 is 0. The Labute approximate surface area is 77.6 Å². The summed E-state index contributed by atoms with van der Waals surface area (Å²) in [7, 11) is 0. The molecule has 0 fully saturated rings. The normalized spacial score (nSPS) is 11.2. The summed E-state index contributed by atoms with van der Waals surface area (Å²) in [5.41, 5.74) is 1.41. The first-order valence-electron chi connectivity index (χ1n) is 3.90. The van der Waals surface area contributed by atoms with Crippen LogP contribution in [-0.4, -0.2) is 35.6 Å². The van der Waals surface area contributed by atoms with Crippen LogP contribution >= 0.6 is 11.6 Å². The molecule has 0 aliphatic heterocycles. The van der Waals surface area contributed by atoms with E-state index in [1.165, 1.54) is 5.54 Å². The SMILES string of the molecule is CCCN(C/C=C/Cl)CC(=O)O. The fraction of sp³-hybridized carbons (Fsp3) is 0.625. The smallest absolute Gasteiger partial charge is 0.317 e. The highest BCUT2D eigenvalue weighted by atomic mass is 35.5. The molecule has 4 heteroatoms. The summed E-state index contributed by atoms with van der Waals surface area (Å²) in [5.74, 6) is -0.800. The van der Waals surface area contributed by atoms with E-state index in [0.717, 1.165) is 13.0 Å². The molecule has 3 nitrogen and oxygen atoms in total. The van der Waals surface area contributed by atoms with Gasteiger partial charge in [0.05, 0.1) is 6.54 Å². The number of carboxylic acids is 1. The fourth-order valence-corrected chi connectivity index (χ4v) is 1.01. The van der Waals surface area contributed by atoms with Crippen LogP contribution in [0.1, 0.15) is 13.3 Å². The van der Waals surface area contributed by atoms with Gasteiger partial charge in [0, 0.05) is 12.1 Å². The number of carbonyl (C=O) groups is 1. The Kier molecular flexibility index (Phi) is 6.81. The van der Waals surface area contributed by atoms with Gasteiger partial charge in [-0.25, -0.2) is 0 Å². The zero-order valence-corrected chi connectivity index (χ0v) is 7.92. The van der Waals surface area contributed by atoms with E-state index >= 15 is 0 Å². The average molecular weight is 192 g/mol. The van der Waals surface area contributed by atoms with Gasteiger partial charge in [-0.05, 0) is 13.0 Å². The maximum absolute atomic E-state index is 10.3. The van der Waals surface area contributed by atoms with E-state index in [1.54, 1.807) is 6.08 Å². The van der Waals surface area contributed by atoms with E-state index in [-0.39, 0.29) is 6.54 Å². The summed E-state index contributed by atoms with van der Waals surface area (Å²) in [6.07, 6.45) is 2.68. The van der Waals surface area contributed by atoms with E-state index in [0.29, 0.717) is 6.54 Å². The Hall–Kier alpha value is -0.540. The third kappa shape index (κ3) is 6.19. The van der Waals surface area contributed by atoms with Crippen molar-refractivity contribution in [3.63, 3.8) is 0 Å². The molecule has 70 valence electrons. The van der Waals surface area contributed by atoms with Crippen LogP contribution in [0.3, 0.4) is 0 Å². The summed E-state index contributed by atoms with van der Waals surface area (Å²) in [6.45, 7) is 3.48. The second-order valence-corrected chi connectivity index (χ2v) is 2.74. The molecule has 0 aliphatic rings. The number of halogens is 1. The Bertz CT molecular complexity index is 159. The number of rotatable bonds is 6. The minimum absolute atomic E-state index is 0.0784. The number of carboxylic acid groups (broad SMARTS) is 1. The molecule has 0 spiro atoms. The average Bonchev–Trinajstić information content (AvgIpc) is 2.00. The molecular formula is C8H14ClNO2. The van der Waals surface area contributed by atoms with Crippen LogP contribution in [0.25, 0.3) is 0 Å². The highest BCUT2D eigenvalue weighted by Gasteiger charge is 2.05. The number of hydrogen-bond acceptors (Lipinski definition) is 2. The third-order valence-electron chi connectivity index (χ3n) is 1.35. The van der Waals surface area contributed by atoms with Gasteiger partial charge >= 0.3 is 5.97 Å². The van der Waals surface area contributed by atoms with Gasteiger partial charge in [-0.2, -0.15) is 0 Å². The lowest BCUT2D eigenvalue weighted by Crippen LogP contribution is -2.30. The van der Waals surface area contributed by atoms with Crippen molar-refractivity contribution >= 4 is 17.6 Å². The first-order valence-corrected chi connectivity index (χ1v) is 4.33. The molecule has 0 rings (SSSR count). The minimum atomic E-state index is -0.800. The van der Waals surface area contributed by atoms with Crippen LogP contribution in [0.4, 0.5) is 0 Å². The monoisotopic (exact) mass is 191 g/mol. The standard InChI is InChI=1S/C8H14ClNO2/c1-2-5-10(6-3-4-9)7-8(11)12/h3-4H,2,5-7H2,1H3,(H,11,12)/b4-3+. The maximum atomic E-state index is 10.3. The lowest BCUT2D eigenvalue weighted by atomic mass is 10.4. The Morgan fingerprint density at radius 1 is 1.67 bits per heavy atom. The fourth-order valence-electron chi connectivity index (χ4n) is 0.931. The van der Waals surface area contributed by atoms with E-state index < -0.39 is 5.97 Å². The quantitative estimate of drug-likeness (QED) is 0.693. The van der Waals surface area contributed by atoms with Gasteiger partial charge in [-0.15, -0.1) is 0 Å². The molecule has 0 atom stereocenters. The number of hydrogen-bond donors (Lipinski definition) is 1. The van der Waals surface area contributed by atoms with Crippen LogP contribution in [0.2, 0.25) is 0 Å². The first-order chi connectivity index (χ1) is 5.70. The number of aliphatic carboxylic acids is 1. The van der Waals surface area contributed by atoms with Gasteiger partial charge < -0.3 is 5.11 Å². The van der Waals surface area contributed by atoms with Gasteiger partial charge in [0.25, 0.3) is 0 Å². The molecule has 0 amide bonds. The van der Waals surface area contributed by atoms with Gasteiger partial charge in [0.1, 0.15) is 0 Å². The lowest BCUT2D eigenvalue weighted by Gasteiger charge is -2.16. The van der Waals surface area contributed by atoms with E-state index in [2.05, 4.69) is 0 Å². The van der Waals surface area contributed by atoms with Gasteiger partial charge in [-0.3, -0.25) is 9.69 Å². The zero-order valence-electron chi connectivity index (χ0n) is 7.16. The van der Waals surface area contributed by atoms with Crippen LogP contribution < -0.4 is 0 Å². The van der Waals surface area contributed by atoms with Crippen LogP contribution in [0.15, 0.2) is 11.6 Å². The molecule has 0 radical (unpaired) electrons. The molecule has 0 aromatic heterocycles. The molecule has 12 heavy (non-hydrogen) atoms. The van der Waals surface area contributed by atoms with Crippen molar-refractivity contribution in [3.05, 3.63) is 11.6 Å². The van der Waals surface area contributed by atoms with Crippen LogP contribution in [0, 0.1) is 0 Å². The van der Waals surface area contributed by atoms with Gasteiger partial charge in [0.2, 0.25) is 0 Å². The predicted molar refractivity (Wildman–Crippen MR) is 49.4 cm³/mol. The predicted octanol–water partition coefficient (Wildman–Crippen LogP) is 1.54. The van der Waals surface area contributed by atoms with Crippen molar-refractivity contribution in [1.29, 1.82) is 0 Å². The molecule has 0 aromatic carbocycles.